The third-order valence-corrected chi connectivity index (χ3v) is 1.48. The molecular formula is C6H6N6O3. The Bertz CT molecular complexity index is 489. The van der Waals surface area contributed by atoms with E-state index in [9.17, 15) is 4.79 Å². The van der Waals surface area contributed by atoms with Crippen LogP contribution in [0, 0.1) is 6.92 Å². The molecule has 0 spiro atoms. The first-order chi connectivity index (χ1) is 7.16. The molecule has 0 saturated heterocycles. The topological polar surface area (TPSA) is 133 Å². The fraction of sp³-hybridized carbons (Fsp3) is 0.167. The molecule has 0 fully saturated rings. The highest BCUT2D eigenvalue weighted by atomic mass is 16.6. The van der Waals surface area contributed by atoms with E-state index >= 15 is 0 Å². The van der Waals surface area contributed by atoms with Crippen LogP contribution in [0.15, 0.2) is 9.15 Å². The van der Waals surface area contributed by atoms with E-state index in [0.29, 0.717) is 5.82 Å². The molecule has 2 heterocycles. The Labute approximate surface area is 82.6 Å². The van der Waals surface area contributed by atoms with E-state index in [-0.39, 0.29) is 17.5 Å². The molecule has 2 aromatic heterocycles. The van der Waals surface area contributed by atoms with Crippen molar-refractivity contribution >= 4 is 17.7 Å². The second-order valence-electron chi connectivity index (χ2n) is 2.60. The van der Waals surface area contributed by atoms with Crippen LogP contribution in [0.3, 0.4) is 0 Å². The Hall–Kier alpha value is -2.45. The Morgan fingerprint density at radius 1 is 1.40 bits per heavy atom. The average molecular weight is 210 g/mol. The van der Waals surface area contributed by atoms with Crippen molar-refractivity contribution in [3.05, 3.63) is 11.5 Å². The predicted octanol–water partition coefficient (Wildman–Crippen LogP) is -0.404. The lowest BCUT2D eigenvalue weighted by Gasteiger charge is -1.94. The van der Waals surface area contributed by atoms with E-state index in [1.54, 1.807) is 6.92 Å². The van der Waals surface area contributed by atoms with Crippen molar-refractivity contribution in [1.29, 1.82) is 0 Å². The van der Waals surface area contributed by atoms with Crippen LogP contribution in [0.5, 0.6) is 0 Å². The maximum Gasteiger partial charge on any atom is 0.328 e. The predicted molar refractivity (Wildman–Crippen MR) is 45.7 cm³/mol. The number of nitrogens with two attached hydrogens (primary N) is 1. The van der Waals surface area contributed by atoms with Crippen LogP contribution < -0.4 is 11.1 Å². The Balaban J connectivity index is 2.14. The van der Waals surface area contributed by atoms with E-state index in [1.165, 1.54) is 0 Å². The first-order valence-electron chi connectivity index (χ1n) is 3.86. The molecule has 0 unspecified atom stereocenters. The minimum absolute atomic E-state index is 0.0418. The van der Waals surface area contributed by atoms with Gasteiger partial charge in [-0.05, 0) is 17.2 Å². The van der Waals surface area contributed by atoms with Gasteiger partial charge < -0.3 is 10.3 Å². The largest absolute Gasteiger partial charge is 0.379 e. The Kier molecular flexibility index (Phi) is 2.04. The molecule has 0 bridgehead atoms. The van der Waals surface area contributed by atoms with Gasteiger partial charge in [0.2, 0.25) is 11.5 Å². The number of anilines is 2. The Morgan fingerprint density at radius 3 is 2.73 bits per heavy atom. The van der Waals surface area contributed by atoms with Crippen LogP contribution in [0.2, 0.25) is 0 Å². The molecule has 0 radical (unpaired) electrons. The normalized spacial score (nSPS) is 10.2. The summed E-state index contributed by atoms with van der Waals surface area (Å²) in [5.41, 5.74) is 5.17. The maximum atomic E-state index is 11.4. The standard InChI is InChI=1S/C6H6N6O3/c1-2-8-6(14-10-2)9-5(13)3-4(7)12-15-11-3/h1H3,(H2,7,12)(H,8,9,10,13). The van der Waals surface area contributed by atoms with Crippen LogP contribution in [-0.4, -0.2) is 26.4 Å². The van der Waals surface area contributed by atoms with Gasteiger partial charge in [-0.25, -0.2) is 4.63 Å². The number of carbonyl (C=O) groups excluding carboxylic acids is 1. The van der Waals surface area contributed by atoms with Gasteiger partial charge in [-0.3, -0.25) is 10.1 Å². The van der Waals surface area contributed by atoms with Crippen LogP contribution in [0.25, 0.3) is 0 Å². The monoisotopic (exact) mass is 210 g/mol. The van der Waals surface area contributed by atoms with Crippen LogP contribution in [-0.2, 0) is 0 Å². The van der Waals surface area contributed by atoms with Gasteiger partial charge in [0.25, 0.3) is 5.91 Å². The van der Waals surface area contributed by atoms with Crippen molar-refractivity contribution in [2.24, 2.45) is 0 Å². The lowest BCUT2D eigenvalue weighted by molar-refractivity contribution is 0.101. The zero-order chi connectivity index (χ0) is 10.8. The van der Waals surface area contributed by atoms with Gasteiger partial charge in [-0.1, -0.05) is 5.16 Å². The maximum absolute atomic E-state index is 11.4. The number of aromatic nitrogens is 4. The van der Waals surface area contributed by atoms with Gasteiger partial charge in [0.1, 0.15) is 0 Å². The number of rotatable bonds is 2. The summed E-state index contributed by atoms with van der Waals surface area (Å²) >= 11 is 0. The molecular weight excluding hydrogens is 204 g/mol. The molecule has 0 aliphatic rings. The Morgan fingerprint density at radius 2 is 2.20 bits per heavy atom. The number of hydrogen-bond donors (Lipinski definition) is 2. The van der Waals surface area contributed by atoms with Gasteiger partial charge in [0, 0.05) is 0 Å². The molecule has 2 aromatic rings. The summed E-state index contributed by atoms with van der Waals surface area (Å²) in [5.74, 6) is -0.335. The zero-order valence-corrected chi connectivity index (χ0v) is 7.59. The summed E-state index contributed by atoms with van der Waals surface area (Å²) in [6.07, 6.45) is 0. The summed E-state index contributed by atoms with van der Waals surface area (Å²) in [6.45, 7) is 1.62. The van der Waals surface area contributed by atoms with Gasteiger partial charge in [-0.2, -0.15) is 4.98 Å². The van der Waals surface area contributed by atoms with Crippen molar-refractivity contribution in [3.8, 4) is 0 Å². The zero-order valence-electron chi connectivity index (χ0n) is 7.59. The van der Waals surface area contributed by atoms with Crippen molar-refractivity contribution < 1.29 is 13.9 Å². The highest BCUT2D eigenvalue weighted by molar-refractivity contribution is 6.04. The molecule has 0 aliphatic carbocycles. The molecule has 0 atom stereocenters. The molecule has 0 aromatic carbocycles. The van der Waals surface area contributed by atoms with E-state index in [4.69, 9.17) is 5.73 Å². The lowest BCUT2D eigenvalue weighted by Crippen LogP contribution is -2.14. The van der Waals surface area contributed by atoms with Gasteiger partial charge in [-0.15, -0.1) is 0 Å². The number of nitrogens with one attached hydrogen (secondary N) is 1. The van der Waals surface area contributed by atoms with Crippen LogP contribution in [0.4, 0.5) is 11.8 Å². The highest BCUT2D eigenvalue weighted by Gasteiger charge is 2.18. The quantitative estimate of drug-likeness (QED) is 0.683. The fourth-order valence-corrected chi connectivity index (χ4v) is 0.857. The first kappa shape index (κ1) is 9.12. The summed E-state index contributed by atoms with van der Waals surface area (Å²) in [7, 11) is 0. The third-order valence-electron chi connectivity index (χ3n) is 1.48. The molecule has 3 N–H and O–H groups in total. The number of aryl methyl sites for hydroxylation is 1. The van der Waals surface area contributed by atoms with Gasteiger partial charge in [0.15, 0.2) is 5.82 Å². The summed E-state index contributed by atoms with van der Waals surface area (Å²) < 4.78 is 8.92. The molecule has 9 heteroatoms. The number of nitrogen functional groups attached to an aromatic ring is 1. The van der Waals surface area contributed by atoms with Crippen molar-refractivity contribution in [1.82, 2.24) is 20.5 Å². The van der Waals surface area contributed by atoms with E-state index in [1.807, 2.05) is 0 Å². The third kappa shape index (κ3) is 1.75. The summed E-state index contributed by atoms with van der Waals surface area (Å²) in [5, 5.41) is 12.3. The SMILES string of the molecule is Cc1noc(NC(=O)c2nonc2N)n1. The molecule has 2 rings (SSSR count). The second kappa shape index (κ2) is 3.36. The van der Waals surface area contributed by atoms with Crippen molar-refractivity contribution in [2.45, 2.75) is 6.92 Å². The van der Waals surface area contributed by atoms with Crippen molar-refractivity contribution in [3.63, 3.8) is 0 Å². The molecule has 0 aliphatic heterocycles. The number of nitrogens with zero attached hydrogens (tertiary/aromatic N) is 4. The highest BCUT2D eigenvalue weighted by Crippen LogP contribution is 2.08. The number of amides is 1. The van der Waals surface area contributed by atoms with E-state index in [2.05, 4.69) is 34.9 Å². The van der Waals surface area contributed by atoms with E-state index < -0.39 is 5.91 Å². The second-order valence-corrected chi connectivity index (χ2v) is 2.60. The minimum atomic E-state index is -0.627. The summed E-state index contributed by atoms with van der Waals surface area (Å²) in [4.78, 5) is 15.2. The van der Waals surface area contributed by atoms with Gasteiger partial charge >= 0.3 is 6.01 Å². The van der Waals surface area contributed by atoms with Crippen molar-refractivity contribution in [2.75, 3.05) is 11.1 Å². The fourth-order valence-electron chi connectivity index (χ4n) is 0.857. The first-order valence-corrected chi connectivity index (χ1v) is 3.86. The summed E-state index contributed by atoms with van der Waals surface area (Å²) in [6, 6.07) is -0.0418. The van der Waals surface area contributed by atoms with E-state index in [0.717, 1.165) is 0 Å². The average Bonchev–Trinajstić information content (AvgIpc) is 2.75. The number of carbonyl (C=O) groups is 1. The molecule has 1 amide bonds. The molecule has 78 valence electrons. The molecule has 0 saturated carbocycles. The lowest BCUT2D eigenvalue weighted by atomic mass is 10.4. The minimum Gasteiger partial charge on any atom is -0.379 e. The number of hydrogen-bond acceptors (Lipinski definition) is 8. The van der Waals surface area contributed by atoms with Crippen LogP contribution >= 0.6 is 0 Å². The van der Waals surface area contributed by atoms with Crippen LogP contribution in [0.1, 0.15) is 16.3 Å². The molecule has 9 nitrogen and oxygen atoms in total. The molecule has 15 heavy (non-hydrogen) atoms. The van der Waals surface area contributed by atoms with Gasteiger partial charge in [0.05, 0.1) is 0 Å². The smallest absolute Gasteiger partial charge is 0.328 e.